The number of carbonyl (C=O) groups excluding carboxylic acids is 2. The summed E-state index contributed by atoms with van der Waals surface area (Å²) in [7, 11) is -3.52. The normalized spacial score (nSPS) is 15.1. The van der Waals surface area contributed by atoms with Gasteiger partial charge in [-0.2, -0.15) is 0 Å². The van der Waals surface area contributed by atoms with Gasteiger partial charge in [0.2, 0.25) is 21.8 Å². The molecule has 0 bridgehead atoms. The van der Waals surface area contributed by atoms with Crippen molar-refractivity contribution in [2.45, 2.75) is 83.8 Å². The number of carbonyl (C=O) groups is 2. The van der Waals surface area contributed by atoms with Crippen LogP contribution in [-0.4, -0.2) is 50.0 Å². The fourth-order valence-electron chi connectivity index (χ4n) is 5.04. The molecule has 1 fully saturated rings. The van der Waals surface area contributed by atoms with Crippen LogP contribution in [0.25, 0.3) is 0 Å². The molecule has 2 amide bonds. The van der Waals surface area contributed by atoms with E-state index in [4.69, 9.17) is 11.6 Å². The summed E-state index contributed by atoms with van der Waals surface area (Å²) in [6, 6.07) is 14.1. The number of sulfonamides is 1. The minimum Gasteiger partial charge on any atom is -0.352 e. The Balaban J connectivity index is 1.75. The summed E-state index contributed by atoms with van der Waals surface area (Å²) >= 11 is 6.06. The van der Waals surface area contributed by atoms with Gasteiger partial charge in [-0.25, -0.2) is 8.42 Å². The number of benzene rings is 2. The highest BCUT2D eigenvalue weighted by molar-refractivity contribution is 7.92. The average molecular weight is 562 g/mol. The Morgan fingerprint density at radius 1 is 1.08 bits per heavy atom. The smallest absolute Gasteiger partial charge is 0.243 e. The van der Waals surface area contributed by atoms with Crippen molar-refractivity contribution < 1.29 is 18.0 Å². The van der Waals surface area contributed by atoms with E-state index >= 15 is 0 Å². The molecule has 0 radical (unpaired) electrons. The first kappa shape index (κ1) is 30.0. The molecule has 0 aliphatic heterocycles. The quantitative estimate of drug-likeness (QED) is 0.373. The van der Waals surface area contributed by atoms with Gasteiger partial charge in [0.15, 0.2) is 0 Å². The van der Waals surface area contributed by atoms with Crippen LogP contribution in [0, 0.1) is 6.92 Å². The van der Waals surface area contributed by atoms with Crippen molar-refractivity contribution in [3.8, 4) is 0 Å². The second-order valence-electron chi connectivity index (χ2n) is 10.2. The van der Waals surface area contributed by atoms with E-state index < -0.39 is 16.1 Å². The van der Waals surface area contributed by atoms with Crippen molar-refractivity contribution in [2.24, 2.45) is 0 Å². The minimum atomic E-state index is -3.52. The molecule has 0 spiro atoms. The van der Waals surface area contributed by atoms with Gasteiger partial charge in [-0.3, -0.25) is 13.9 Å². The number of rotatable bonds is 12. The Bertz CT molecular complexity index is 1180. The molecule has 1 N–H and O–H groups in total. The second kappa shape index (κ2) is 14.0. The van der Waals surface area contributed by atoms with Crippen LogP contribution in [-0.2, 0) is 26.2 Å². The van der Waals surface area contributed by atoms with Gasteiger partial charge in [-0.15, -0.1) is 0 Å². The van der Waals surface area contributed by atoms with E-state index in [9.17, 15) is 18.0 Å². The summed E-state index contributed by atoms with van der Waals surface area (Å²) in [6.07, 6.45) is 7.44. The van der Waals surface area contributed by atoms with Gasteiger partial charge in [-0.1, -0.05) is 62.1 Å². The van der Waals surface area contributed by atoms with Crippen LogP contribution in [0.5, 0.6) is 0 Å². The van der Waals surface area contributed by atoms with Gasteiger partial charge in [-0.05, 0) is 68.0 Å². The first-order valence-electron chi connectivity index (χ1n) is 13.5. The van der Waals surface area contributed by atoms with Crippen LogP contribution in [0.4, 0.5) is 5.69 Å². The van der Waals surface area contributed by atoms with E-state index in [0.29, 0.717) is 23.6 Å². The maximum absolute atomic E-state index is 13.6. The number of halogens is 1. The van der Waals surface area contributed by atoms with Crippen LogP contribution in [0.3, 0.4) is 0 Å². The fourth-order valence-corrected chi connectivity index (χ4v) is 6.12. The molecule has 1 saturated carbocycles. The number of hydrogen-bond acceptors (Lipinski definition) is 4. The van der Waals surface area contributed by atoms with E-state index in [2.05, 4.69) is 5.32 Å². The summed E-state index contributed by atoms with van der Waals surface area (Å²) < 4.78 is 26.4. The molecule has 7 nitrogen and oxygen atoms in total. The number of nitrogens with zero attached hydrogens (tertiary/aromatic N) is 2. The topological polar surface area (TPSA) is 86.8 Å². The molecule has 0 heterocycles. The largest absolute Gasteiger partial charge is 0.352 e. The first-order valence-corrected chi connectivity index (χ1v) is 15.7. The van der Waals surface area contributed by atoms with E-state index in [0.717, 1.165) is 36.8 Å². The van der Waals surface area contributed by atoms with E-state index in [-0.39, 0.29) is 37.4 Å². The van der Waals surface area contributed by atoms with Crippen molar-refractivity contribution in [2.75, 3.05) is 17.1 Å². The molecular formula is C29H40ClN3O4S. The van der Waals surface area contributed by atoms with E-state index in [1.54, 1.807) is 23.1 Å². The van der Waals surface area contributed by atoms with Crippen LogP contribution in [0.15, 0.2) is 48.5 Å². The van der Waals surface area contributed by atoms with Gasteiger partial charge in [0.05, 0.1) is 11.9 Å². The minimum absolute atomic E-state index is 0.124. The summed E-state index contributed by atoms with van der Waals surface area (Å²) in [5.41, 5.74) is 2.41. The van der Waals surface area contributed by atoms with Crippen LogP contribution in [0.2, 0.25) is 5.02 Å². The van der Waals surface area contributed by atoms with Crippen molar-refractivity contribution >= 4 is 39.1 Å². The van der Waals surface area contributed by atoms with Crippen molar-refractivity contribution in [3.63, 3.8) is 0 Å². The maximum atomic E-state index is 13.6. The van der Waals surface area contributed by atoms with Crippen LogP contribution < -0.4 is 9.62 Å². The van der Waals surface area contributed by atoms with Crippen molar-refractivity contribution in [3.05, 3.63) is 64.7 Å². The van der Waals surface area contributed by atoms with Crippen LogP contribution in [0.1, 0.15) is 69.4 Å². The lowest BCUT2D eigenvalue weighted by Gasteiger charge is -2.33. The molecule has 2 aromatic rings. The van der Waals surface area contributed by atoms with Gasteiger partial charge in [0, 0.05) is 30.6 Å². The number of aryl methyl sites for hydroxylation is 1. The number of nitrogens with one attached hydrogen (secondary N) is 1. The predicted molar refractivity (Wildman–Crippen MR) is 154 cm³/mol. The molecule has 38 heavy (non-hydrogen) atoms. The third-order valence-electron chi connectivity index (χ3n) is 7.05. The molecule has 1 aliphatic rings. The van der Waals surface area contributed by atoms with Crippen molar-refractivity contribution in [1.82, 2.24) is 10.2 Å². The molecule has 1 aliphatic carbocycles. The predicted octanol–water partition coefficient (Wildman–Crippen LogP) is 5.45. The Morgan fingerprint density at radius 2 is 1.76 bits per heavy atom. The second-order valence-corrected chi connectivity index (χ2v) is 12.5. The molecular weight excluding hydrogens is 522 g/mol. The standard InChI is InChI=1S/C29H40ClN3O4S/c1-4-27(29(35)31-25-11-6-5-7-12-25)32(21-23-15-17-24(30)18-16-23)28(34)14-9-19-33(38(3,36)37)26-13-8-10-22(2)20-26/h8,10,13,15-18,20,25,27H,4-7,9,11-12,14,19,21H2,1-3H3,(H,31,35)/t27-/m1/s1. The number of amides is 2. The Morgan fingerprint density at radius 3 is 2.37 bits per heavy atom. The lowest BCUT2D eigenvalue weighted by molar-refractivity contribution is -0.141. The monoisotopic (exact) mass is 561 g/mol. The third-order valence-corrected chi connectivity index (χ3v) is 8.49. The zero-order valence-corrected chi connectivity index (χ0v) is 24.2. The SMILES string of the molecule is CC[C@H](C(=O)NC1CCCCC1)N(Cc1ccc(Cl)cc1)C(=O)CCCN(c1cccc(C)c1)S(C)(=O)=O. The highest BCUT2D eigenvalue weighted by atomic mass is 35.5. The van der Waals surface area contributed by atoms with Gasteiger partial charge in [0.1, 0.15) is 6.04 Å². The summed E-state index contributed by atoms with van der Waals surface area (Å²) in [5, 5.41) is 3.78. The molecule has 0 saturated heterocycles. The Labute approximate surface area is 232 Å². The zero-order chi connectivity index (χ0) is 27.7. The summed E-state index contributed by atoms with van der Waals surface area (Å²) in [6.45, 7) is 4.27. The molecule has 2 aromatic carbocycles. The van der Waals surface area contributed by atoms with E-state index in [1.807, 2.05) is 44.2 Å². The first-order chi connectivity index (χ1) is 18.1. The van der Waals surface area contributed by atoms with Gasteiger partial charge < -0.3 is 10.2 Å². The summed E-state index contributed by atoms with van der Waals surface area (Å²) in [5.74, 6) is -0.303. The Hall–Kier alpha value is -2.58. The average Bonchev–Trinajstić information content (AvgIpc) is 2.87. The highest BCUT2D eigenvalue weighted by Gasteiger charge is 2.30. The highest BCUT2D eigenvalue weighted by Crippen LogP contribution is 2.22. The van der Waals surface area contributed by atoms with E-state index in [1.165, 1.54) is 17.0 Å². The fraction of sp³-hybridized carbons (Fsp3) is 0.517. The van der Waals surface area contributed by atoms with Gasteiger partial charge in [0.25, 0.3) is 0 Å². The molecule has 3 rings (SSSR count). The molecule has 0 unspecified atom stereocenters. The molecule has 208 valence electrons. The molecule has 1 atom stereocenters. The van der Waals surface area contributed by atoms with Crippen molar-refractivity contribution in [1.29, 1.82) is 0 Å². The third kappa shape index (κ3) is 8.73. The zero-order valence-electron chi connectivity index (χ0n) is 22.7. The number of anilines is 1. The van der Waals surface area contributed by atoms with Gasteiger partial charge >= 0.3 is 0 Å². The maximum Gasteiger partial charge on any atom is 0.243 e. The Kier molecular flexibility index (Phi) is 11.0. The molecule has 9 heteroatoms. The molecule has 0 aromatic heterocycles. The number of hydrogen-bond donors (Lipinski definition) is 1. The van der Waals surface area contributed by atoms with Crippen LogP contribution >= 0.6 is 11.6 Å². The summed E-state index contributed by atoms with van der Waals surface area (Å²) in [4.78, 5) is 28.6. The lowest BCUT2D eigenvalue weighted by Crippen LogP contribution is -2.51. The lowest BCUT2D eigenvalue weighted by atomic mass is 9.95.